The fourth-order valence-electron chi connectivity index (χ4n) is 2.48. The van der Waals surface area contributed by atoms with Crippen LogP contribution in [0.1, 0.15) is 31.7 Å². The molecule has 0 spiro atoms. The molecule has 1 heterocycles. The van der Waals surface area contributed by atoms with E-state index in [2.05, 4.69) is 0 Å². The van der Waals surface area contributed by atoms with E-state index >= 15 is 0 Å². The molecule has 3 nitrogen and oxygen atoms in total. The highest BCUT2D eigenvalue weighted by Crippen LogP contribution is 2.26. The minimum atomic E-state index is -0.670. The van der Waals surface area contributed by atoms with Crippen molar-refractivity contribution >= 4 is 29.1 Å². The van der Waals surface area contributed by atoms with Crippen LogP contribution < -0.4 is 0 Å². The fourth-order valence-corrected chi connectivity index (χ4v) is 3.01. The number of halogens is 2. The smallest absolute Gasteiger partial charge is 0.227 e. The maximum atomic E-state index is 12.4. The summed E-state index contributed by atoms with van der Waals surface area (Å²) >= 11 is 12.2. The van der Waals surface area contributed by atoms with E-state index < -0.39 is 5.60 Å². The van der Waals surface area contributed by atoms with Gasteiger partial charge in [-0.2, -0.15) is 0 Å². The number of carbonyl (C=O) groups is 1. The summed E-state index contributed by atoms with van der Waals surface area (Å²) in [6.45, 7) is 3.08. The van der Waals surface area contributed by atoms with E-state index in [1.54, 1.807) is 23.1 Å². The number of likely N-dealkylation sites (tertiary alicyclic amines) is 1. The summed E-state index contributed by atoms with van der Waals surface area (Å²) in [6.07, 6.45) is 2.36. The van der Waals surface area contributed by atoms with Crippen LogP contribution in [0.5, 0.6) is 0 Å². The highest BCUT2D eigenvalue weighted by atomic mass is 35.5. The lowest BCUT2D eigenvalue weighted by atomic mass is 9.98. The van der Waals surface area contributed by atoms with E-state index in [4.69, 9.17) is 23.2 Å². The maximum absolute atomic E-state index is 12.4. The van der Waals surface area contributed by atoms with Crippen molar-refractivity contribution < 1.29 is 9.90 Å². The second-order valence-electron chi connectivity index (χ2n) is 5.61. The quantitative estimate of drug-likeness (QED) is 0.909. The Morgan fingerprint density at radius 1 is 1.30 bits per heavy atom. The van der Waals surface area contributed by atoms with Gasteiger partial charge >= 0.3 is 0 Å². The minimum Gasteiger partial charge on any atom is -0.390 e. The number of aliphatic hydroxyl groups is 1. The zero-order valence-corrected chi connectivity index (χ0v) is 13.0. The molecule has 1 aromatic rings. The molecule has 110 valence electrons. The van der Waals surface area contributed by atoms with Crippen LogP contribution in [-0.4, -0.2) is 34.6 Å². The third-order valence-corrected chi connectivity index (χ3v) is 4.51. The number of nitrogens with zero attached hydrogens (tertiary/aromatic N) is 1. The summed E-state index contributed by atoms with van der Waals surface area (Å²) in [5.41, 5.74) is 0.00805. The molecule has 0 aromatic heterocycles. The summed E-state index contributed by atoms with van der Waals surface area (Å²) < 4.78 is 0. The molecule has 0 radical (unpaired) electrons. The van der Waals surface area contributed by atoms with Crippen LogP contribution in [0.25, 0.3) is 0 Å². The molecule has 0 bridgehead atoms. The molecule has 0 aliphatic carbocycles. The molecular weight excluding hydrogens is 297 g/mol. The van der Waals surface area contributed by atoms with Crippen LogP contribution in [0.3, 0.4) is 0 Å². The van der Waals surface area contributed by atoms with Crippen LogP contribution in [0.4, 0.5) is 0 Å². The Hall–Kier alpha value is -0.770. The van der Waals surface area contributed by atoms with Crippen LogP contribution in [0, 0.1) is 0 Å². The van der Waals surface area contributed by atoms with Crippen molar-refractivity contribution in [3.8, 4) is 0 Å². The van der Waals surface area contributed by atoms with Crippen LogP contribution in [0.2, 0.25) is 10.0 Å². The molecule has 1 aliphatic rings. The predicted molar refractivity (Wildman–Crippen MR) is 81.2 cm³/mol. The standard InChI is InChI=1S/C15H19Cl2NO2/c1-15(20)6-3-8-18(9-7-15)14(19)10-11-12(16)4-2-5-13(11)17/h2,4-5,20H,3,6-10H2,1H3. The van der Waals surface area contributed by atoms with Gasteiger partial charge in [0.1, 0.15) is 0 Å². The van der Waals surface area contributed by atoms with Gasteiger partial charge in [0.2, 0.25) is 5.91 Å². The van der Waals surface area contributed by atoms with Crippen LogP contribution >= 0.6 is 23.2 Å². The molecular formula is C15H19Cl2NO2. The van der Waals surface area contributed by atoms with E-state index in [0.717, 1.165) is 12.8 Å². The van der Waals surface area contributed by atoms with Gasteiger partial charge < -0.3 is 10.0 Å². The number of benzene rings is 1. The molecule has 1 atom stereocenters. The predicted octanol–water partition coefficient (Wildman–Crippen LogP) is 3.30. The van der Waals surface area contributed by atoms with E-state index in [0.29, 0.717) is 35.1 Å². The lowest BCUT2D eigenvalue weighted by Crippen LogP contribution is -2.34. The van der Waals surface area contributed by atoms with Gasteiger partial charge in [-0.25, -0.2) is 0 Å². The zero-order chi connectivity index (χ0) is 14.8. The molecule has 1 fully saturated rings. The Labute approximate surface area is 129 Å². The van der Waals surface area contributed by atoms with Gasteiger partial charge in [-0.15, -0.1) is 0 Å². The zero-order valence-electron chi connectivity index (χ0n) is 11.5. The summed E-state index contributed by atoms with van der Waals surface area (Å²) in [5.74, 6) is 0.0118. The Balaban J connectivity index is 2.05. The topological polar surface area (TPSA) is 40.5 Å². The number of hydrogen-bond acceptors (Lipinski definition) is 2. The van der Waals surface area contributed by atoms with Crippen molar-refractivity contribution in [2.45, 2.75) is 38.2 Å². The summed E-state index contributed by atoms with van der Waals surface area (Å²) in [6, 6.07) is 5.24. The van der Waals surface area contributed by atoms with Gasteiger partial charge in [0, 0.05) is 23.1 Å². The maximum Gasteiger partial charge on any atom is 0.227 e. The SMILES string of the molecule is CC1(O)CCCN(C(=O)Cc2c(Cl)cccc2Cl)CC1. The van der Waals surface area contributed by atoms with Gasteiger partial charge in [-0.3, -0.25) is 4.79 Å². The van der Waals surface area contributed by atoms with Crippen molar-refractivity contribution in [1.29, 1.82) is 0 Å². The summed E-state index contributed by atoms with van der Waals surface area (Å²) in [7, 11) is 0. The van der Waals surface area contributed by atoms with Gasteiger partial charge in [0.25, 0.3) is 0 Å². The van der Waals surface area contributed by atoms with E-state index in [9.17, 15) is 9.90 Å². The Kier molecular flexibility index (Phi) is 4.95. The molecule has 1 unspecified atom stereocenters. The lowest BCUT2D eigenvalue weighted by molar-refractivity contribution is -0.130. The third kappa shape index (κ3) is 3.87. The summed E-state index contributed by atoms with van der Waals surface area (Å²) in [5, 5.41) is 11.1. The van der Waals surface area contributed by atoms with E-state index in [-0.39, 0.29) is 12.3 Å². The van der Waals surface area contributed by atoms with Gasteiger partial charge in [0.05, 0.1) is 12.0 Å². The van der Waals surface area contributed by atoms with Crippen LogP contribution in [0.15, 0.2) is 18.2 Å². The molecule has 2 rings (SSSR count). The first-order chi connectivity index (χ1) is 9.39. The first-order valence-corrected chi connectivity index (χ1v) is 7.58. The second kappa shape index (κ2) is 6.33. The molecule has 1 saturated heterocycles. The lowest BCUT2D eigenvalue weighted by Gasteiger charge is -2.23. The number of amides is 1. The van der Waals surface area contributed by atoms with E-state index in [1.807, 2.05) is 6.92 Å². The minimum absolute atomic E-state index is 0.0118. The molecule has 1 aliphatic heterocycles. The average Bonchev–Trinajstić information content (AvgIpc) is 2.55. The number of rotatable bonds is 2. The molecule has 1 amide bonds. The Morgan fingerprint density at radius 2 is 1.95 bits per heavy atom. The molecule has 0 saturated carbocycles. The second-order valence-corrected chi connectivity index (χ2v) is 6.42. The highest BCUT2D eigenvalue weighted by Gasteiger charge is 2.27. The van der Waals surface area contributed by atoms with Crippen LogP contribution in [-0.2, 0) is 11.2 Å². The Morgan fingerprint density at radius 3 is 2.60 bits per heavy atom. The van der Waals surface area contributed by atoms with Crippen molar-refractivity contribution in [3.05, 3.63) is 33.8 Å². The highest BCUT2D eigenvalue weighted by molar-refractivity contribution is 6.36. The first kappa shape index (κ1) is 15.6. The third-order valence-electron chi connectivity index (χ3n) is 3.81. The fraction of sp³-hybridized carbons (Fsp3) is 0.533. The van der Waals surface area contributed by atoms with E-state index in [1.165, 1.54) is 0 Å². The Bertz CT molecular complexity index is 482. The molecule has 5 heteroatoms. The first-order valence-electron chi connectivity index (χ1n) is 6.82. The number of hydrogen-bond donors (Lipinski definition) is 1. The van der Waals surface area contributed by atoms with Crippen molar-refractivity contribution in [1.82, 2.24) is 4.90 Å². The molecule has 20 heavy (non-hydrogen) atoms. The monoisotopic (exact) mass is 315 g/mol. The van der Waals surface area contributed by atoms with Gasteiger partial charge in [-0.05, 0) is 43.9 Å². The normalized spacial score (nSPS) is 23.5. The average molecular weight is 316 g/mol. The summed E-state index contributed by atoms with van der Waals surface area (Å²) in [4.78, 5) is 14.2. The largest absolute Gasteiger partial charge is 0.390 e. The van der Waals surface area contributed by atoms with Crippen molar-refractivity contribution in [2.75, 3.05) is 13.1 Å². The van der Waals surface area contributed by atoms with Gasteiger partial charge in [0.15, 0.2) is 0 Å². The molecule has 1 aromatic carbocycles. The number of carbonyl (C=O) groups excluding carboxylic acids is 1. The van der Waals surface area contributed by atoms with Gasteiger partial charge in [-0.1, -0.05) is 29.3 Å². The molecule has 1 N–H and O–H groups in total. The van der Waals surface area contributed by atoms with Crippen molar-refractivity contribution in [2.24, 2.45) is 0 Å². The van der Waals surface area contributed by atoms with Crippen molar-refractivity contribution in [3.63, 3.8) is 0 Å².